The fourth-order valence-corrected chi connectivity index (χ4v) is 2.95. The molecule has 0 amide bonds. The van der Waals surface area contributed by atoms with Gasteiger partial charge in [0.1, 0.15) is 5.75 Å². The van der Waals surface area contributed by atoms with E-state index in [-0.39, 0.29) is 11.4 Å². The number of halogens is 2. The monoisotopic (exact) mass is 379 g/mol. The van der Waals surface area contributed by atoms with Crippen molar-refractivity contribution in [3.8, 4) is 5.75 Å². The van der Waals surface area contributed by atoms with Crippen LogP contribution in [0.25, 0.3) is 0 Å². The third kappa shape index (κ3) is 4.88. The summed E-state index contributed by atoms with van der Waals surface area (Å²) in [5, 5.41) is 13.0. The van der Waals surface area contributed by atoms with Crippen LogP contribution in [-0.2, 0) is 11.3 Å². The lowest BCUT2D eigenvalue weighted by molar-refractivity contribution is -0.00897. The van der Waals surface area contributed by atoms with E-state index in [1.165, 1.54) is 0 Å². The van der Waals surface area contributed by atoms with E-state index >= 15 is 0 Å². The van der Waals surface area contributed by atoms with Gasteiger partial charge in [0.25, 0.3) is 0 Å². The van der Waals surface area contributed by atoms with Crippen molar-refractivity contribution in [1.82, 2.24) is 5.32 Å². The van der Waals surface area contributed by atoms with Gasteiger partial charge < -0.3 is 15.2 Å². The molecule has 2 N–H and O–H groups in total. The smallest absolute Gasteiger partial charge is 0.143 e. The summed E-state index contributed by atoms with van der Waals surface area (Å²) < 4.78 is 7.00. The number of benzene rings is 1. The van der Waals surface area contributed by atoms with E-state index in [0.29, 0.717) is 15.6 Å². The Morgan fingerprint density at radius 1 is 1.28 bits per heavy atom. The normalized spacial score (nSPS) is 11.8. The van der Waals surface area contributed by atoms with E-state index in [9.17, 15) is 5.11 Å². The number of phenolic OH excluding ortho intramolecular Hbond substituents is 1. The van der Waals surface area contributed by atoms with Crippen molar-refractivity contribution in [3.63, 3.8) is 0 Å². The molecule has 0 aliphatic carbocycles. The first-order valence-corrected chi connectivity index (χ1v) is 7.46. The van der Waals surface area contributed by atoms with Gasteiger partial charge in [-0.3, -0.25) is 0 Å². The van der Waals surface area contributed by atoms with Gasteiger partial charge in [-0.2, -0.15) is 0 Å². The van der Waals surface area contributed by atoms with Crippen molar-refractivity contribution >= 4 is 31.9 Å². The second-order valence-electron chi connectivity index (χ2n) is 4.70. The fourth-order valence-electron chi connectivity index (χ4n) is 1.67. The van der Waals surface area contributed by atoms with Gasteiger partial charge in [-0.25, -0.2) is 0 Å². The molecule has 0 atom stereocenters. The number of phenols is 1. The molecule has 0 fully saturated rings. The van der Waals surface area contributed by atoms with E-state index in [2.05, 4.69) is 51.0 Å². The molecule has 0 radical (unpaired) electrons. The third-order valence-corrected chi connectivity index (χ3v) is 3.70. The van der Waals surface area contributed by atoms with Crippen LogP contribution in [0.4, 0.5) is 0 Å². The Morgan fingerprint density at radius 2 is 1.83 bits per heavy atom. The van der Waals surface area contributed by atoms with Crippen molar-refractivity contribution < 1.29 is 9.84 Å². The van der Waals surface area contributed by atoms with Gasteiger partial charge in [0, 0.05) is 19.7 Å². The summed E-state index contributed by atoms with van der Waals surface area (Å²) in [6.45, 7) is 8.34. The van der Waals surface area contributed by atoms with Crippen LogP contribution in [0.15, 0.2) is 21.1 Å². The first-order valence-electron chi connectivity index (χ1n) is 5.87. The maximum absolute atomic E-state index is 9.62. The van der Waals surface area contributed by atoms with Gasteiger partial charge in [0.2, 0.25) is 0 Å². The molecule has 1 aromatic carbocycles. The molecular formula is C13H19Br2NO2. The topological polar surface area (TPSA) is 41.5 Å². The predicted octanol–water partition coefficient (Wildman–Crippen LogP) is 3.82. The number of hydrogen-bond acceptors (Lipinski definition) is 3. The second-order valence-corrected chi connectivity index (χ2v) is 6.41. The highest BCUT2D eigenvalue weighted by atomic mass is 79.9. The Morgan fingerprint density at radius 3 is 2.33 bits per heavy atom. The van der Waals surface area contributed by atoms with Crippen LogP contribution in [0.5, 0.6) is 5.75 Å². The van der Waals surface area contributed by atoms with Gasteiger partial charge in [-0.05, 0) is 70.3 Å². The first-order chi connectivity index (χ1) is 8.35. The van der Waals surface area contributed by atoms with Crippen molar-refractivity contribution in [2.45, 2.75) is 32.9 Å². The third-order valence-electron chi connectivity index (χ3n) is 2.49. The Labute approximate surface area is 125 Å². The van der Waals surface area contributed by atoms with Crippen molar-refractivity contribution in [2.24, 2.45) is 0 Å². The van der Waals surface area contributed by atoms with Gasteiger partial charge in [0.15, 0.2) is 0 Å². The molecule has 0 saturated heterocycles. The van der Waals surface area contributed by atoms with Crippen LogP contribution < -0.4 is 5.32 Å². The molecule has 0 spiro atoms. The fraction of sp³-hybridized carbons (Fsp3) is 0.538. The second kappa shape index (κ2) is 6.89. The summed E-state index contributed by atoms with van der Waals surface area (Å²) in [6, 6.07) is 3.81. The molecule has 18 heavy (non-hydrogen) atoms. The lowest BCUT2D eigenvalue weighted by Gasteiger charge is -2.25. The number of hydrogen-bond donors (Lipinski definition) is 2. The van der Waals surface area contributed by atoms with Crippen LogP contribution in [0.3, 0.4) is 0 Å². The highest BCUT2D eigenvalue weighted by molar-refractivity contribution is 9.11. The van der Waals surface area contributed by atoms with Crippen LogP contribution in [0.2, 0.25) is 0 Å². The van der Waals surface area contributed by atoms with Crippen LogP contribution in [0.1, 0.15) is 26.3 Å². The molecule has 0 unspecified atom stereocenters. The van der Waals surface area contributed by atoms with Crippen molar-refractivity contribution in [3.05, 3.63) is 26.6 Å². The molecular weight excluding hydrogens is 362 g/mol. The molecule has 3 nitrogen and oxygen atoms in total. The highest BCUT2D eigenvalue weighted by Crippen LogP contribution is 2.33. The van der Waals surface area contributed by atoms with E-state index in [4.69, 9.17) is 4.74 Å². The predicted molar refractivity (Wildman–Crippen MR) is 80.9 cm³/mol. The summed E-state index contributed by atoms with van der Waals surface area (Å²) in [5.74, 6) is 0.230. The van der Waals surface area contributed by atoms with Gasteiger partial charge >= 0.3 is 0 Å². The SMILES string of the molecule is CCOC(C)(C)CNCc1cc(Br)c(O)c(Br)c1. The Balaban J connectivity index is 2.54. The molecule has 0 bridgehead atoms. The number of rotatable bonds is 6. The summed E-state index contributed by atoms with van der Waals surface area (Å²) in [6.07, 6.45) is 0. The molecule has 5 heteroatoms. The Bertz CT molecular complexity index is 385. The lowest BCUT2D eigenvalue weighted by Crippen LogP contribution is -2.37. The summed E-state index contributed by atoms with van der Waals surface area (Å²) in [7, 11) is 0. The van der Waals surface area contributed by atoms with E-state index in [0.717, 1.165) is 18.7 Å². The van der Waals surface area contributed by atoms with Crippen LogP contribution in [-0.4, -0.2) is 23.9 Å². The number of ether oxygens (including phenoxy) is 1. The maximum Gasteiger partial charge on any atom is 0.143 e. The summed E-state index contributed by atoms with van der Waals surface area (Å²) in [5.41, 5.74) is 0.930. The summed E-state index contributed by atoms with van der Waals surface area (Å²) >= 11 is 6.64. The lowest BCUT2D eigenvalue weighted by atomic mass is 10.1. The van der Waals surface area contributed by atoms with Gasteiger partial charge in [0.05, 0.1) is 14.5 Å². The average Bonchev–Trinajstić information content (AvgIpc) is 2.25. The zero-order chi connectivity index (χ0) is 13.8. The number of nitrogens with one attached hydrogen (secondary N) is 1. The molecule has 1 rings (SSSR count). The molecule has 1 aromatic rings. The highest BCUT2D eigenvalue weighted by Gasteiger charge is 2.16. The Kier molecular flexibility index (Phi) is 6.11. The molecule has 102 valence electrons. The largest absolute Gasteiger partial charge is 0.506 e. The molecule has 0 saturated carbocycles. The zero-order valence-electron chi connectivity index (χ0n) is 10.9. The average molecular weight is 381 g/mol. The first kappa shape index (κ1) is 16.0. The van der Waals surface area contributed by atoms with Crippen LogP contribution >= 0.6 is 31.9 Å². The minimum atomic E-state index is -0.167. The minimum Gasteiger partial charge on any atom is -0.506 e. The maximum atomic E-state index is 9.62. The van der Waals surface area contributed by atoms with Gasteiger partial charge in [-0.15, -0.1) is 0 Å². The van der Waals surface area contributed by atoms with Gasteiger partial charge in [-0.1, -0.05) is 0 Å². The molecule has 0 aliphatic heterocycles. The Hall–Kier alpha value is -0.100. The molecule has 0 heterocycles. The minimum absolute atomic E-state index is 0.167. The summed E-state index contributed by atoms with van der Waals surface area (Å²) in [4.78, 5) is 0. The van der Waals surface area contributed by atoms with E-state index in [1.54, 1.807) is 0 Å². The van der Waals surface area contributed by atoms with E-state index < -0.39 is 0 Å². The van der Waals surface area contributed by atoms with Crippen molar-refractivity contribution in [1.29, 1.82) is 0 Å². The standard InChI is InChI=1S/C13H19Br2NO2/c1-4-18-13(2,3)8-16-7-9-5-10(14)12(17)11(15)6-9/h5-6,16-17H,4,7-8H2,1-3H3. The number of aromatic hydroxyl groups is 1. The van der Waals surface area contributed by atoms with E-state index in [1.807, 2.05) is 19.1 Å². The zero-order valence-corrected chi connectivity index (χ0v) is 14.1. The molecule has 0 aliphatic rings. The van der Waals surface area contributed by atoms with Crippen molar-refractivity contribution in [2.75, 3.05) is 13.2 Å². The van der Waals surface area contributed by atoms with Crippen LogP contribution in [0, 0.1) is 0 Å². The molecule has 0 aromatic heterocycles. The quantitative estimate of drug-likeness (QED) is 0.788.